The van der Waals surface area contributed by atoms with Gasteiger partial charge in [-0.3, -0.25) is 0 Å². The number of hydrogen-bond acceptors (Lipinski definition) is 1. The van der Waals surface area contributed by atoms with Crippen LogP contribution in [0.2, 0.25) is 0 Å². The summed E-state index contributed by atoms with van der Waals surface area (Å²) >= 11 is 0. The van der Waals surface area contributed by atoms with E-state index >= 15 is 0 Å². The van der Waals surface area contributed by atoms with Crippen LogP contribution in [-0.4, -0.2) is 6.16 Å². The first-order valence-electron chi connectivity index (χ1n) is 6.46. The minimum atomic E-state index is -2.44. The van der Waals surface area contributed by atoms with E-state index < -0.39 is 7.14 Å². The topological polar surface area (TPSA) is 17.1 Å². The summed E-state index contributed by atoms with van der Waals surface area (Å²) in [5.74, 6) is 0. The van der Waals surface area contributed by atoms with Crippen molar-refractivity contribution in [1.82, 2.24) is 0 Å². The molecule has 0 bridgehead atoms. The Kier molecular flexibility index (Phi) is 2.22. The van der Waals surface area contributed by atoms with E-state index in [1.165, 1.54) is 16.7 Å². The van der Waals surface area contributed by atoms with Gasteiger partial charge in [0, 0.05) is 16.8 Å². The van der Waals surface area contributed by atoms with Gasteiger partial charge in [0.05, 0.1) is 0 Å². The van der Waals surface area contributed by atoms with Gasteiger partial charge in [0.15, 0.2) is 0 Å². The maximum absolute atomic E-state index is 13.4. The molecule has 1 aliphatic carbocycles. The first-order chi connectivity index (χ1) is 9.29. The lowest BCUT2D eigenvalue weighted by Crippen LogP contribution is -2.04. The second-order valence-electron chi connectivity index (χ2n) is 4.99. The molecule has 2 aromatic rings. The highest BCUT2D eigenvalue weighted by molar-refractivity contribution is 7.77. The monoisotopic (exact) mass is 264 g/mol. The van der Waals surface area contributed by atoms with Crippen LogP contribution < -0.4 is 5.30 Å². The Balaban J connectivity index is 1.89. The Morgan fingerprint density at radius 3 is 2.47 bits per heavy atom. The molecule has 1 nitrogen and oxygen atoms in total. The highest BCUT2D eigenvalue weighted by Crippen LogP contribution is 2.65. The van der Waals surface area contributed by atoms with Crippen molar-refractivity contribution in [3.63, 3.8) is 0 Å². The van der Waals surface area contributed by atoms with Crippen LogP contribution in [0.4, 0.5) is 0 Å². The molecule has 19 heavy (non-hydrogen) atoms. The second kappa shape index (κ2) is 3.82. The van der Waals surface area contributed by atoms with Crippen LogP contribution in [0.3, 0.4) is 0 Å². The molecular formula is C17H13OP. The SMILES string of the molecule is O=P1(c2ccccc2)CC=C2C1=Cc1ccccc12. The third-order valence-corrected chi connectivity index (χ3v) is 6.91. The molecule has 1 unspecified atom stereocenters. The van der Waals surface area contributed by atoms with E-state index in [1.54, 1.807) is 0 Å². The average molecular weight is 264 g/mol. The summed E-state index contributed by atoms with van der Waals surface area (Å²) in [5.41, 5.74) is 3.61. The molecule has 0 aromatic heterocycles. The van der Waals surface area contributed by atoms with Crippen LogP contribution in [0, 0.1) is 0 Å². The fourth-order valence-corrected chi connectivity index (χ4v) is 5.70. The summed E-state index contributed by atoms with van der Waals surface area (Å²) in [7, 11) is -2.44. The molecule has 1 heterocycles. The van der Waals surface area contributed by atoms with Gasteiger partial charge in [-0.05, 0) is 22.8 Å². The van der Waals surface area contributed by atoms with Crippen molar-refractivity contribution in [2.45, 2.75) is 0 Å². The number of hydrogen-bond donors (Lipinski definition) is 0. The Hall–Kier alpha value is -1.85. The lowest BCUT2D eigenvalue weighted by atomic mass is 10.1. The van der Waals surface area contributed by atoms with Crippen molar-refractivity contribution in [3.05, 3.63) is 77.1 Å². The number of rotatable bonds is 1. The van der Waals surface area contributed by atoms with E-state index in [0.717, 1.165) is 10.6 Å². The van der Waals surface area contributed by atoms with Gasteiger partial charge in [-0.15, -0.1) is 0 Å². The largest absolute Gasteiger partial charge is 0.313 e. The predicted octanol–water partition coefficient (Wildman–Crippen LogP) is 4.13. The molecule has 0 N–H and O–H groups in total. The van der Waals surface area contributed by atoms with Gasteiger partial charge in [0.25, 0.3) is 0 Å². The number of fused-ring (bicyclic) bond motifs is 3. The van der Waals surface area contributed by atoms with Crippen molar-refractivity contribution in [2.24, 2.45) is 0 Å². The van der Waals surface area contributed by atoms with Crippen LogP contribution in [-0.2, 0) is 4.57 Å². The Labute approximate surface area is 112 Å². The second-order valence-corrected chi connectivity index (χ2v) is 7.84. The molecule has 0 saturated heterocycles. The standard InChI is InChI=1S/C17H13OP/c18-19(14-7-2-1-3-8-14)11-10-16-15-9-5-4-6-13(15)12-17(16)19/h1-10,12H,11H2. The van der Waals surface area contributed by atoms with E-state index in [4.69, 9.17) is 0 Å². The molecule has 2 heteroatoms. The van der Waals surface area contributed by atoms with E-state index in [-0.39, 0.29) is 0 Å². The zero-order valence-electron chi connectivity index (χ0n) is 10.4. The Morgan fingerprint density at radius 2 is 1.63 bits per heavy atom. The zero-order valence-corrected chi connectivity index (χ0v) is 11.3. The van der Waals surface area contributed by atoms with Crippen molar-refractivity contribution in [3.8, 4) is 0 Å². The summed E-state index contributed by atoms with van der Waals surface area (Å²) in [5, 5.41) is 2.01. The van der Waals surface area contributed by atoms with Gasteiger partial charge in [0.1, 0.15) is 7.14 Å². The Bertz CT molecular complexity index is 769. The van der Waals surface area contributed by atoms with Crippen LogP contribution in [0.1, 0.15) is 11.1 Å². The van der Waals surface area contributed by atoms with Crippen molar-refractivity contribution in [1.29, 1.82) is 0 Å². The average Bonchev–Trinajstić information content (AvgIpc) is 2.99. The number of benzene rings is 2. The third-order valence-electron chi connectivity index (χ3n) is 3.93. The summed E-state index contributed by atoms with van der Waals surface area (Å²) < 4.78 is 13.4. The molecule has 1 aliphatic heterocycles. The first kappa shape index (κ1) is 11.0. The quantitative estimate of drug-likeness (QED) is 0.708. The van der Waals surface area contributed by atoms with Crippen molar-refractivity contribution >= 4 is 24.1 Å². The highest BCUT2D eigenvalue weighted by Gasteiger charge is 2.39. The van der Waals surface area contributed by atoms with Crippen LogP contribution in [0.5, 0.6) is 0 Å². The molecule has 0 radical (unpaired) electrons. The smallest absolute Gasteiger partial charge is 0.147 e. The molecule has 92 valence electrons. The van der Waals surface area contributed by atoms with E-state index in [1.807, 2.05) is 42.5 Å². The molecule has 0 amide bonds. The molecular weight excluding hydrogens is 251 g/mol. The zero-order chi connectivity index (χ0) is 12.9. The van der Waals surface area contributed by atoms with Gasteiger partial charge in [-0.1, -0.05) is 60.7 Å². The van der Waals surface area contributed by atoms with Gasteiger partial charge >= 0.3 is 0 Å². The summed E-state index contributed by atoms with van der Waals surface area (Å²) in [4.78, 5) is 0. The molecule has 0 fully saturated rings. The molecule has 0 spiro atoms. The molecule has 0 saturated carbocycles. The summed E-state index contributed by atoms with van der Waals surface area (Å²) in [6, 6.07) is 18.2. The van der Waals surface area contributed by atoms with E-state index in [0.29, 0.717) is 6.16 Å². The van der Waals surface area contributed by atoms with Gasteiger partial charge in [0.2, 0.25) is 0 Å². The van der Waals surface area contributed by atoms with Crippen LogP contribution in [0.25, 0.3) is 11.6 Å². The normalized spacial score (nSPS) is 23.6. The minimum Gasteiger partial charge on any atom is -0.313 e. The predicted molar refractivity (Wildman–Crippen MR) is 80.9 cm³/mol. The maximum atomic E-state index is 13.4. The van der Waals surface area contributed by atoms with Crippen molar-refractivity contribution < 1.29 is 4.57 Å². The summed E-state index contributed by atoms with van der Waals surface area (Å²) in [6.45, 7) is 0. The van der Waals surface area contributed by atoms with Gasteiger partial charge < -0.3 is 4.57 Å². The van der Waals surface area contributed by atoms with Gasteiger partial charge in [-0.2, -0.15) is 0 Å². The van der Waals surface area contributed by atoms with Gasteiger partial charge in [-0.25, -0.2) is 0 Å². The van der Waals surface area contributed by atoms with Crippen LogP contribution >= 0.6 is 7.14 Å². The lowest BCUT2D eigenvalue weighted by Gasteiger charge is -2.14. The van der Waals surface area contributed by atoms with Crippen molar-refractivity contribution in [2.75, 3.05) is 6.16 Å². The fourth-order valence-electron chi connectivity index (χ4n) is 2.98. The first-order valence-corrected chi connectivity index (χ1v) is 8.35. The molecule has 1 atom stereocenters. The van der Waals surface area contributed by atoms with E-state index in [2.05, 4.69) is 24.3 Å². The highest BCUT2D eigenvalue weighted by atomic mass is 31.2. The Morgan fingerprint density at radius 1 is 0.895 bits per heavy atom. The summed E-state index contributed by atoms with van der Waals surface area (Å²) in [6.07, 6.45) is 4.92. The maximum Gasteiger partial charge on any atom is 0.147 e. The molecule has 4 rings (SSSR count). The number of allylic oxidation sites excluding steroid dienone is 3. The molecule has 2 aromatic carbocycles. The van der Waals surface area contributed by atoms with Crippen LogP contribution in [0.15, 0.2) is 66.0 Å². The molecule has 2 aliphatic rings. The third kappa shape index (κ3) is 1.45. The minimum absolute atomic E-state index is 0.659. The fraction of sp³-hybridized carbons (Fsp3) is 0.0588. The lowest BCUT2D eigenvalue weighted by molar-refractivity contribution is 0.588. The van der Waals surface area contributed by atoms with E-state index in [9.17, 15) is 4.57 Å².